The van der Waals surface area contributed by atoms with Crippen molar-refractivity contribution in [3.8, 4) is 0 Å². The van der Waals surface area contributed by atoms with Gasteiger partial charge in [0.15, 0.2) is 11.6 Å². The first-order valence-electron chi connectivity index (χ1n) is 6.37. The van der Waals surface area contributed by atoms with Crippen molar-refractivity contribution in [1.29, 1.82) is 0 Å². The van der Waals surface area contributed by atoms with E-state index in [4.69, 9.17) is 0 Å². The quantitative estimate of drug-likeness (QED) is 0.876. The molecule has 4 heteroatoms. The maximum Gasteiger partial charge on any atom is 0.186 e. The third-order valence-electron chi connectivity index (χ3n) is 3.75. The Balaban J connectivity index is 2.25. The Hall–Kier alpha value is -1.19. The highest BCUT2D eigenvalue weighted by molar-refractivity contribution is 5.37. The molecular weight excluding hydrogens is 217 g/mol. The highest BCUT2D eigenvalue weighted by atomic mass is 19.1. The van der Waals surface area contributed by atoms with Crippen LogP contribution in [0.3, 0.4) is 0 Å². The number of hydrogen-bond acceptors (Lipinski definition) is 3. The standard InChI is InChI=1S/C13H20FN3/c1-4-9-5-6-10(7-9)12-16-8(2)11(14)13(15-3)17-12/h9-10H,4-7H2,1-3H3,(H,15,16,17). The molecule has 2 unspecified atom stereocenters. The summed E-state index contributed by atoms with van der Waals surface area (Å²) < 4.78 is 13.6. The molecule has 17 heavy (non-hydrogen) atoms. The molecule has 94 valence electrons. The molecule has 0 aliphatic heterocycles. The number of anilines is 1. The normalized spacial score (nSPS) is 24.0. The maximum absolute atomic E-state index is 13.6. The van der Waals surface area contributed by atoms with E-state index >= 15 is 0 Å². The fourth-order valence-corrected chi connectivity index (χ4v) is 2.61. The van der Waals surface area contributed by atoms with Gasteiger partial charge < -0.3 is 5.32 Å². The van der Waals surface area contributed by atoms with Gasteiger partial charge in [0.2, 0.25) is 0 Å². The molecule has 0 saturated heterocycles. The van der Waals surface area contributed by atoms with E-state index in [9.17, 15) is 4.39 Å². The number of aryl methyl sites for hydroxylation is 1. The van der Waals surface area contributed by atoms with Crippen molar-refractivity contribution >= 4 is 5.82 Å². The molecular formula is C13H20FN3. The van der Waals surface area contributed by atoms with Gasteiger partial charge in [-0.3, -0.25) is 0 Å². The van der Waals surface area contributed by atoms with Gasteiger partial charge >= 0.3 is 0 Å². The summed E-state index contributed by atoms with van der Waals surface area (Å²) in [6.45, 7) is 3.93. The topological polar surface area (TPSA) is 37.8 Å². The van der Waals surface area contributed by atoms with Crippen LogP contribution < -0.4 is 5.32 Å². The zero-order valence-electron chi connectivity index (χ0n) is 10.8. The first-order chi connectivity index (χ1) is 8.15. The van der Waals surface area contributed by atoms with E-state index in [2.05, 4.69) is 22.2 Å². The summed E-state index contributed by atoms with van der Waals surface area (Å²) in [6.07, 6.45) is 4.74. The summed E-state index contributed by atoms with van der Waals surface area (Å²) >= 11 is 0. The second-order valence-electron chi connectivity index (χ2n) is 4.86. The number of aromatic nitrogens is 2. The van der Waals surface area contributed by atoms with Crippen LogP contribution in [0.5, 0.6) is 0 Å². The van der Waals surface area contributed by atoms with E-state index in [-0.39, 0.29) is 5.82 Å². The van der Waals surface area contributed by atoms with Crippen LogP contribution in [0.25, 0.3) is 0 Å². The third kappa shape index (κ3) is 2.40. The second-order valence-corrected chi connectivity index (χ2v) is 4.86. The molecule has 1 fully saturated rings. The SMILES string of the molecule is CCC1CCC(c2nc(C)c(F)c(NC)n2)C1. The summed E-state index contributed by atoms with van der Waals surface area (Å²) in [7, 11) is 1.69. The van der Waals surface area contributed by atoms with Crippen molar-refractivity contribution in [2.24, 2.45) is 5.92 Å². The van der Waals surface area contributed by atoms with E-state index in [0.717, 1.165) is 24.6 Å². The van der Waals surface area contributed by atoms with Crippen molar-refractivity contribution in [3.63, 3.8) is 0 Å². The van der Waals surface area contributed by atoms with E-state index in [1.54, 1.807) is 14.0 Å². The third-order valence-corrected chi connectivity index (χ3v) is 3.75. The second kappa shape index (κ2) is 4.98. The zero-order valence-corrected chi connectivity index (χ0v) is 10.8. The Kier molecular flexibility index (Phi) is 3.60. The Labute approximate surface area is 102 Å². The van der Waals surface area contributed by atoms with Crippen LogP contribution in [0.1, 0.15) is 50.0 Å². The molecule has 1 aromatic heterocycles. The van der Waals surface area contributed by atoms with E-state index < -0.39 is 0 Å². The van der Waals surface area contributed by atoms with Crippen molar-refractivity contribution in [2.45, 2.75) is 45.4 Å². The highest BCUT2D eigenvalue weighted by Crippen LogP contribution is 2.38. The van der Waals surface area contributed by atoms with Gasteiger partial charge in [0.25, 0.3) is 0 Å². The van der Waals surface area contributed by atoms with Gasteiger partial charge in [-0.25, -0.2) is 14.4 Å². The maximum atomic E-state index is 13.6. The monoisotopic (exact) mass is 237 g/mol. The lowest BCUT2D eigenvalue weighted by Crippen LogP contribution is -2.09. The number of rotatable bonds is 3. The summed E-state index contributed by atoms with van der Waals surface area (Å²) in [5.41, 5.74) is 0.444. The largest absolute Gasteiger partial charge is 0.371 e. The minimum Gasteiger partial charge on any atom is -0.371 e. The number of nitrogens with zero attached hydrogens (tertiary/aromatic N) is 2. The molecule has 1 N–H and O–H groups in total. The number of hydrogen-bond donors (Lipinski definition) is 1. The number of halogens is 1. The fraction of sp³-hybridized carbons (Fsp3) is 0.692. The first-order valence-corrected chi connectivity index (χ1v) is 6.37. The fourth-order valence-electron chi connectivity index (χ4n) is 2.61. The molecule has 0 spiro atoms. The van der Waals surface area contributed by atoms with Crippen LogP contribution in [-0.4, -0.2) is 17.0 Å². The smallest absolute Gasteiger partial charge is 0.186 e. The molecule has 0 radical (unpaired) electrons. The van der Waals surface area contributed by atoms with Gasteiger partial charge in [-0.1, -0.05) is 13.3 Å². The van der Waals surface area contributed by atoms with E-state index in [0.29, 0.717) is 17.4 Å². The molecule has 0 aromatic carbocycles. The minimum absolute atomic E-state index is 0.326. The summed E-state index contributed by atoms with van der Waals surface area (Å²) in [4.78, 5) is 8.61. The Morgan fingerprint density at radius 1 is 1.35 bits per heavy atom. The van der Waals surface area contributed by atoms with Crippen LogP contribution in [0.2, 0.25) is 0 Å². The first kappa shape index (κ1) is 12.3. The average Bonchev–Trinajstić information content (AvgIpc) is 2.81. The molecule has 1 aliphatic carbocycles. The zero-order chi connectivity index (χ0) is 12.4. The van der Waals surface area contributed by atoms with E-state index in [1.165, 1.54) is 12.8 Å². The number of nitrogens with one attached hydrogen (secondary N) is 1. The summed E-state index contributed by atoms with van der Waals surface area (Å²) in [6, 6.07) is 0. The average molecular weight is 237 g/mol. The molecule has 0 amide bonds. The Morgan fingerprint density at radius 2 is 2.12 bits per heavy atom. The molecule has 3 nitrogen and oxygen atoms in total. The van der Waals surface area contributed by atoms with Gasteiger partial charge in [0, 0.05) is 13.0 Å². The van der Waals surface area contributed by atoms with Crippen molar-refractivity contribution < 1.29 is 4.39 Å². The minimum atomic E-state index is -0.332. The molecule has 1 saturated carbocycles. The van der Waals surface area contributed by atoms with Crippen LogP contribution in [0.4, 0.5) is 10.2 Å². The van der Waals surface area contributed by atoms with Gasteiger partial charge in [-0.15, -0.1) is 0 Å². The summed E-state index contributed by atoms with van der Waals surface area (Å²) in [5, 5.41) is 2.80. The molecule has 0 bridgehead atoms. The lowest BCUT2D eigenvalue weighted by Gasteiger charge is -2.12. The summed E-state index contributed by atoms with van der Waals surface area (Å²) in [5.74, 6) is 2.00. The van der Waals surface area contributed by atoms with Gasteiger partial charge in [-0.05, 0) is 32.1 Å². The van der Waals surface area contributed by atoms with Crippen LogP contribution >= 0.6 is 0 Å². The molecule has 2 rings (SSSR count). The van der Waals surface area contributed by atoms with Crippen LogP contribution in [-0.2, 0) is 0 Å². The Bertz CT molecular complexity index is 406. The predicted molar refractivity (Wildman–Crippen MR) is 66.6 cm³/mol. The van der Waals surface area contributed by atoms with Gasteiger partial charge in [0.1, 0.15) is 5.82 Å². The van der Waals surface area contributed by atoms with Crippen molar-refractivity contribution in [3.05, 3.63) is 17.3 Å². The Morgan fingerprint density at radius 3 is 2.71 bits per heavy atom. The van der Waals surface area contributed by atoms with Gasteiger partial charge in [0.05, 0.1) is 5.69 Å². The molecule has 2 atom stereocenters. The molecule has 1 aromatic rings. The van der Waals surface area contributed by atoms with Crippen LogP contribution in [0.15, 0.2) is 0 Å². The van der Waals surface area contributed by atoms with Crippen molar-refractivity contribution in [1.82, 2.24) is 9.97 Å². The van der Waals surface area contributed by atoms with Crippen LogP contribution in [0, 0.1) is 18.7 Å². The van der Waals surface area contributed by atoms with Crippen molar-refractivity contribution in [2.75, 3.05) is 12.4 Å². The van der Waals surface area contributed by atoms with E-state index in [1.807, 2.05) is 0 Å². The lowest BCUT2D eigenvalue weighted by atomic mass is 10.0. The highest BCUT2D eigenvalue weighted by Gasteiger charge is 2.27. The lowest BCUT2D eigenvalue weighted by molar-refractivity contribution is 0.514. The molecule has 1 aliphatic rings. The predicted octanol–water partition coefficient (Wildman–Crippen LogP) is 3.26. The van der Waals surface area contributed by atoms with Gasteiger partial charge in [-0.2, -0.15) is 0 Å². The molecule has 1 heterocycles.